The van der Waals surface area contributed by atoms with Gasteiger partial charge in [-0.2, -0.15) is 4.31 Å². The molecule has 0 radical (unpaired) electrons. The summed E-state index contributed by atoms with van der Waals surface area (Å²) in [5.41, 5.74) is -0.0309. The monoisotopic (exact) mass is 382 g/mol. The van der Waals surface area contributed by atoms with Crippen molar-refractivity contribution in [2.45, 2.75) is 36.6 Å². The molecule has 1 saturated carbocycles. The van der Waals surface area contributed by atoms with Crippen LogP contribution in [-0.4, -0.2) is 49.7 Å². The lowest BCUT2D eigenvalue weighted by molar-refractivity contribution is -0.384. The number of nitro groups is 1. The molecule has 1 aliphatic heterocycles. The van der Waals surface area contributed by atoms with Gasteiger partial charge in [0.15, 0.2) is 0 Å². The summed E-state index contributed by atoms with van der Waals surface area (Å²) in [6.45, 7) is 0.458. The van der Waals surface area contributed by atoms with Gasteiger partial charge in [-0.3, -0.25) is 14.9 Å². The van der Waals surface area contributed by atoms with Gasteiger partial charge in [-0.1, -0.05) is 0 Å². The Morgan fingerprint density at radius 1 is 1.23 bits per heavy atom. The number of anilines is 1. The second-order valence-corrected chi connectivity index (χ2v) is 8.59. The Hall–Kier alpha value is -2.20. The first kappa shape index (κ1) is 18.6. The summed E-state index contributed by atoms with van der Waals surface area (Å²) in [7, 11) is -2.30. The molecule has 10 heteroatoms. The molecule has 0 unspecified atom stereocenters. The maximum Gasteiger partial charge on any atom is 0.293 e. The van der Waals surface area contributed by atoms with Crippen molar-refractivity contribution in [3.05, 3.63) is 28.3 Å². The molecule has 1 amide bonds. The number of amides is 1. The highest BCUT2D eigenvalue weighted by molar-refractivity contribution is 7.89. The van der Waals surface area contributed by atoms with Crippen LogP contribution in [0.1, 0.15) is 25.7 Å². The quantitative estimate of drug-likeness (QED) is 0.565. The summed E-state index contributed by atoms with van der Waals surface area (Å²) >= 11 is 0. The van der Waals surface area contributed by atoms with E-state index in [1.54, 1.807) is 0 Å². The first-order chi connectivity index (χ1) is 12.3. The van der Waals surface area contributed by atoms with Gasteiger partial charge in [0, 0.05) is 38.2 Å². The first-order valence-corrected chi connectivity index (χ1v) is 10.0. The van der Waals surface area contributed by atoms with Crippen molar-refractivity contribution in [1.29, 1.82) is 0 Å². The predicted octanol–water partition coefficient (Wildman–Crippen LogP) is 1.32. The molecule has 2 fully saturated rings. The van der Waals surface area contributed by atoms with E-state index in [1.165, 1.54) is 23.5 Å². The Balaban J connectivity index is 1.72. The SMILES string of the molecule is CNc1ccc(S(=O)(=O)N2CCC(C(=O)NC3CC3)CC2)cc1[N+](=O)[O-]. The topological polar surface area (TPSA) is 122 Å². The number of nitro benzene ring substituents is 1. The number of hydrogen-bond donors (Lipinski definition) is 2. The Bertz CT molecular complexity index is 814. The van der Waals surface area contributed by atoms with Crippen LogP contribution in [0.25, 0.3) is 0 Å². The summed E-state index contributed by atoms with van der Waals surface area (Å²) in [6.07, 6.45) is 2.93. The number of benzene rings is 1. The molecule has 2 N–H and O–H groups in total. The van der Waals surface area contributed by atoms with Gasteiger partial charge < -0.3 is 10.6 Å². The maximum absolute atomic E-state index is 12.8. The van der Waals surface area contributed by atoms with Gasteiger partial charge in [0.25, 0.3) is 5.69 Å². The van der Waals surface area contributed by atoms with E-state index in [-0.39, 0.29) is 47.2 Å². The summed E-state index contributed by atoms with van der Waals surface area (Å²) in [6, 6.07) is 4.11. The van der Waals surface area contributed by atoms with Crippen molar-refractivity contribution in [3.63, 3.8) is 0 Å². The molecule has 1 saturated heterocycles. The minimum absolute atomic E-state index is 0.00133. The molecule has 0 bridgehead atoms. The third-order valence-corrected chi connectivity index (χ3v) is 6.72. The second kappa shape index (κ2) is 7.20. The van der Waals surface area contributed by atoms with E-state index in [4.69, 9.17) is 0 Å². The van der Waals surface area contributed by atoms with Crippen molar-refractivity contribution < 1.29 is 18.1 Å². The smallest absolute Gasteiger partial charge is 0.293 e. The van der Waals surface area contributed by atoms with Crippen molar-refractivity contribution in [2.75, 3.05) is 25.5 Å². The van der Waals surface area contributed by atoms with Crippen LogP contribution in [0, 0.1) is 16.0 Å². The fraction of sp³-hybridized carbons (Fsp3) is 0.562. The van der Waals surface area contributed by atoms with Gasteiger partial charge >= 0.3 is 0 Å². The van der Waals surface area contributed by atoms with Gasteiger partial charge in [0.2, 0.25) is 15.9 Å². The van der Waals surface area contributed by atoms with Gasteiger partial charge in [0.05, 0.1) is 9.82 Å². The fourth-order valence-electron chi connectivity index (χ4n) is 3.09. The number of carbonyl (C=O) groups excluding carboxylic acids is 1. The predicted molar refractivity (Wildman–Crippen MR) is 95.3 cm³/mol. The highest BCUT2D eigenvalue weighted by atomic mass is 32.2. The lowest BCUT2D eigenvalue weighted by Crippen LogP contribution is -2.43. The molecule has 1 aromatic carbocycles. The molecule has 142 valence electrons. The van der Waals surface area contributed by atoms with Gasteiger partial charge in [-0.05, 0) is 37.8 Å². The maximum atomic E-state index is 12.8. The van der Waals surface area contributed by atoms with Crippen molar-refractivity contribution >= 4 is 27.3 Å². The number of nitrogens with one attached hydrogen (secondary N) is 2. The van der Waals surface area contributed by atoms with Crippen LogP contribution in [0.4, 0.5) is 11.4 Å². The summed E-state index contributed by atoms with van der Waals surface area (Å²) < 4.78 is 26.9. The van der Waals surface area contributed by atoms with E-state index >= 15 is 0 Å². The molecule has 0 spiro atoms. The van der Waals surface area contributed by atoms with Crippen molar-refractivity contribution in [2.24, 2.45) is 5.92 Å². The standard InChI is InChI=1S/C16H22N4O5S/c1-17-14-5-4-13(10-15(14)20(22)23)26(24,25)19-8-6-11(7-9-19)16(21)18-12-2-3-12/h4-5,10-12,17H,2-3,6-9H2,1H3,(H,18,21). The van der Waals surface area contributed by atoms with Crippen molar-refractivity contribution in [3.8, 4) is 0 Å². The number of carbonyl (C=O) groups is 1. The first-order valence-electron chi connectivity index (χ1n) is 8.59. The third kappa shape index (κ3) is 3.80. The second-order valence-electron chi connectivity index (χ2n) is 6.65. The number of hydrogen-bond acceptors (Lipinski definition) is 6. The Morgan fingerprint density at radius 3 is 2.42 bits per heavy atom. The Labute approximate surface area is 152 Å². The van der Waals surface area contributed by atoms with Crippen LogP contribution >= 0.6 is 0 Å². The largest absolute Gasteiger partial charge is 0.383 e. The lowest BCUT2D eigenvalue weighted by atomic mass is 9.97. The van der Waals surface area contributed by atoms with E-state index in [0.717, 1.165) is 18.9 Å². The number of nitrogens with zero attached hydrogens (tertiary/aromatic N) is 2. The van der Waals surface area contributed by atoms with Crippen LogP contribution in [0.2, 0.25) is 0 Å². The van der Waals surface area contributed by atoms with Gasteiger partial charge in [-0.25, -0.2) is 8.42 Å². The molecule has 26 heavy (non-hydrogen) atoms. The minimum Gasteiger partial charge on any atom is -0.383 e. The highest BCUT2D eigenvalue weighted by Gasteiger charge is 2.34. The molecule has 2 aliphatic rings. The molecular weight excluding hydrogens is 360 g/mol. The molecular formula is C16H22N4O5S. The van der Waals surface area contributed by atoms with E-state index in [1.807, 2.05) is 0 Å². The van der Waals surface area contributed by atoms with Crippen LogP contribution in [-0.2, 0) is 14.8 Å². The van der Waals surface area contributed by atoms with Gasteiger partial charge in [-0.15, -0.1) is 0 Å². The van der Waals surface area contributed by atoms with Crippen LogP contribution < -0.4 is 10.6 Å². The highest BCUT2D eigenvalue weighted by Crippen LogP contribution is 2.30. The van der Waals surface area contributed by atoms with E-state index in [9.17, 15) is 23.3 Å². The molecule has 9 nitrogen and oxygen atoms in total. The van der Waals surface area contributed by atoms with E-state index < -0.39 is 14.9 Å². The summed E-state index contributed by atoms with van der Waals surface area (Å²) in [5.74, 6) is -0.179. The molecule has 0 atom stereocenters. The lowest BCUT2D eigenvalue weighted by Gasteiger charge is -2.30. The molecule has 0 aromatic heterocycles. The molecule has 1 aromatic rings. The zero-order valence-electron chi connectivity index (χ0n) is 14.5. The van der Waals surface area contributed by atoms with Crippen LogP contribution in [0.3, 0.4) is 0 Å². The molecule has 1 heterocycles. The van der Waals surface area contributed by atoms with Crippen LogP contribution in [0.15, 0.2) is 23.1 Å². The van der Waals surface area contributed by atoms with Crippen LogP contribution in [0.5, 0.6) is 0 Å². The van der Waals surface area contributed by atoms with E-state index in [0.29, 0.717) is 12.8 Å². The number of rotatable bonds is 6. The molecule has 1 aliphatic carbocycles. The normalized spacial score (nSPS) is 19.1. The average Bonchev–Trinajstić information content (AvgIpc) is 3.45. The molecule has 3 rings (SSSR count). The number of piperidine rings is 1. The zero-order valence-corrected chi connectivity index (χ0v) is 15.3. The fourth-order valence-corrected chi connectivity index (χ4v) is 4.58. The zero-order chi connectivity index (χ0) is 18.9. The summed E-state index contributed by atoms with van der Waals surface area (Å²) in [5, 5.41) is 16.8. The van der Waals surface area contributed by atoms with Gasteiger partial charge in [0.1, 0.15) is 5.69 Å². The average molecular weight is 382 g/mol. The Kier molecular flexibility index (Phi) is 5.15. The minimum atomic E-state index is -3.83. The number of sulfonamides is 1. The third-order valence-electron chi connectivity index (χ3n) is 4.82. The summed E-state index contributed by atoms with van der Waals surface area (Å²) in [4.78, 5) is 22.5. The van der Waals surface area contributed by atoms with E-state index in [2.05, 4.69) is 10.6 Å². The Morgan fingerprint density at radius 2 is 1.88 bits per heavy atom. The van der Waals surface area contributed by atoms with Crippen molar-refractivity contribution in [1.82, 2.24) is 9.62 Å².